The molecule has 1 rings (SSSR count). The third-order valence-corrected chi connectivity index (χ3v) is 2.52. The zero-order valence-electron chi connectivity index (χ0n) is 9.92. The molecule has 3 heteroatoms. The highest BCUT2D eigenvalue weighted by Gasteiger charge is 2.02. The highest BCUT2D eigenvalue weighted by Crippen LogP contribution is 2.20. The summed E-state index contributed by atoms with van der Waals surface area (Å²) in [7, 11) is 1.70. The summed E-state index contributed by atoms with van der Waals surface area (Å²) in [6, 6.07) is 8.32. The second kappa shape index (κ2) is 6.86. The van der Waals surface area contributed by atoms with Gasteiger partial charge in [0.25, 0.3) is 0 Å². The maximum atomic E-state index is 8.38. The van der Waals surface area contributed by atoms with E-state index in [9.17, 15) is 0 Å². The summed E-state index contributed by atoms with van der Waals surface area (Å²) in [5, 5.41) is 11.4. The Bertz CT molecular complexity index is 369. The van der Waals surface area contributed by atoms with Gasteiger partial charge in [-0.25, -0.2) is 0 Å². The first-order valence-corrected chi connectivity index (χ1v) is 5.55. The molecule has 1 N–H and O–H groups in total. The minimum atomic E-state index is 0.413. The molecule has 3 nitrogen and oxygen atoms in total. The Morgan fingerprint density at radius 2 is 2.25 bits per heavy atom. The summed E-state index contributed by atoms with van der Waals surface area (Å²) >= 11 is 0. The van der Waals surface area contributed by atoms with Crippen LogP contribution in [0.3, 0.4) is 0 Å². The van der Waals surface area contributed by atoms with Gasteiger partial charge in [-0.15, -0.1) is 0 Å². The van der Waals surface area contributed by atoms with E-state index in [4.69, 9.17) is 10.00 Å². The van der Waals surface area contributed by atoms with Crippen LogP contribution in [0, 0.1) is 11.3 Å². The van der Waals surface area contributed by atoms with E-state index >= 15 is 0 Å². The molecule has 0 saturated carbocycles. The molecule has 0 amide bonds. The molecule has 0 aliphatic heterocycles. The Labute approximate surface area is 97.0 Å². The number of hydrogen-bond donors (Lipinski definition) is 1. The lowest BCUT2D eigenvalue weighted by Gasteiger charge is -2.09. The summed E-state index contributed by atoms with van der Waals surface area (Å²) in [5.41, 5.74) is 2.52. The number of rotatable bonds is 6. The molecule has 0 radical (unpaired) electrons. The van der Waals surface area contributed by atoms with Crippen LogP contribution in [-0.4, -0.2) is 20.2 Å². The summed E-state index contributed by atoms with van der Waals surface area (Å²) in [5.74, 6) is 0.955. The van der Waals surface area contributed by atoms with Crippen molar-refractivity contribution in [1.82, 2.24) is 5.32 Å². The van der Waals surface area contributed by atoms with Crippen molar-refractivity contribution >= 4 is 0 Å². The number of benzene rings is 1. The van der Waals surface area contributed by atoms with Crippen molar-refractivity contribution < 1.29 is 4.74 Å². The molecule has 0 saturated heterocycles. The third kappa shape index (κ3) is 3.56. The van der Waals surface area contributed by atoms with E-state index in [-0.39, 0.29) is 0 Å². The van der Waals surface area contributed by atoms with Crippen LogP contribution in [0.25, 0.3) is 0 Å². The summed E-state index contributed by atoms with van der Waals surface area (Å²) in [6.07, 6.45) is 1.92. The number of methoxy groups -OCH3 is 1. The standard InChI is InChI=1S/C13H18N2O/c1-3-12-10-11(4-5-13(12)16-2)6-8-15-9-7-14/h4-5,10,15H,3,6,8-9H2,1-2H3. The lowest BCUT2D eigenvalue weighted by atomic mass is 10.1. The fourth-order valence-corrected chi connectivity index (χ4v) is 1.64. The van der Waals surface area contributed by atoms with Crippen LogP contribution in [0.5, 0.6) is 5.75 Å². The molecule has 0 heterocycles. The Morgan fingerprint density at radius 1 is 1.44 bits per heavy atom. The van der Waals surface area contributed by atoms with Gasteiger partial charge in [0.05, 0.1) is 19.7 Å². The van der Waals surface area contributed by atoms with Crippen molar-refractivity contribution in [1.29, 1.82) is 5.26 Å². The number of hydrogen-bond acceptors (Lipinski definition) is 3. The smallest absolute Gasteiger partial charge is 0.122 e. The van der Waals surface area contributed by atoms with Crippen molar-refractivity contribution in [2.75, 3.05) is 20.2 Å². The van der Waals surface area contributed by atoms with Gasteiger partial charge in [0.2, 0.25) is 0 Å². The maximum absolute atomic E-state index is 8.38. The van der Waals surface area contributed by atoms with Crippen molar-refractivity contribution in [2.45, 2.75) is 19.8 Å². The number of nitriles is 1. The zero-order valence-corrected chi connectivity index (χ0v) is 9.92. The van der Waals surface area contributed by atoms with E-state index in [1.54, 1.807) is 7.11 Å². The molecule has 1 aromatic rings. The highest BCUT2D eigenvalue weighted by molar-refractivity contribution is 5.37. The van der Waals surface area contributed by atoms with Crippen LogP contribution < -0.4 is 10.1 Å². The Balaban J connectivity index is 2.58. The van der Waals surface area contributed by atoms with Gasteiger partial charge < -0.3 is 10.1 Å². The third-order valence-electron chi connectivity index (χ3n) is 2.52. The van der Waals surface area contributed by atoms with E-state index in [1.807, 2.05) is 6.07 Å². The number of aryl methyl sites for hydroxylation is 1. The Hall–Kier alpha value is -1.53. The van der Waals surface area contributed by atoms with Crippen molar-refractivity contribution in [3.8, 4) is 11.8 Å². The van der Waals surface area contributed by atoms with Crippen LogP contribution >= 0.6 is 0 Å². The number of ether oxygens (including phenoxy) is 1. The molecule has 0 spiro atoms. The van der Waals surface area contributed by atoms with Gasteiger partial charge in [0.15, 0.2) is 0 Å². The van der Waals surface area contributed by atoms with E-state index in [0.29, 0.717) is 6.54 Å². The molecule has 86 valence electrons. The van der Waals surface area contributed by atoms with Crippen LogP contribution in [0.4, 0.5) is 0 Å². The predicted octanol–water partition coefficient (Wildman–Crippen LogP) is 1.91. The molecule has 0 fully saturated rings. The van der Waals surface area contributed by atoms with Crippen molar-refractivity contribution in [3.63, 3.8) is 0 Å². The van der Waals surface area contributed by atoms with Crippen LogP contribution in [0.15, 0.2) is 18.2 Å². The maximum Gasteiger partial charge on any atom is 0.122 e. The molecular weight excluding hydrogens is 200 g/mol. The van der Waals surface area contributed by atoms with Gasteiger partial charge in [0.1, 0.15) is 5.75 Å². The lowest BCUT2D eigenvalue weighted by Crippen LogP contribution is -2.17. The average molecular weight is 218 g/mol. The number of nitrogens with zero attached hydrogens (tertiary/aromatic N) is 1. The summed E-state index contributed by atoms with van der Waals surface area (Å²) in [4.78, 5) is 0. The van der Waals surface area contributed by atoms with Gasteiger partial charge in [-0.05, 0) is 30.0 Å². The molecule has 0 aliphatic carbocycles. The van der Waals surface area contributed by atoms with Crippen LogP contribution in [-0.2, 0) is 12.8 Å². The molecule has 0 aliphatic rings. The molecule has 16 heavy (non-hydrogen) atoms. The van der Waals surface area contributed by atoms with E-state index in [1.165, 1.54) is 11.1 Å². The minimum Gasteiger partial charge on any atom is -0.496 e. The largest absolute Gasteiger partial charge is 0.496 e. The van der Waals surface area contributed by atoms with Crippen molar-refractivity contribution in [3.05, 3.63) is 29.3 Å². The fourth-order valence-electron chi connectivity index (χ4n) is 1.64. The SMILES string of the molecule is CCc1cc(CCNCC#N)ccc1OC. The Kier molecular flexibility index (Phi) is 5.38. The normalized spacial score (nSPS) is 9.81. The molecule has 0 aromatic heterocycles. The van der Waals surface area contributed by atoms with Gasteiger partial charge in [-0.2, -0.15) is 5.26 Å². The predicted molar refractivity (Wildman–Crippen MR) is 64.6 cm³/mol. The first-order valence-electron chi connectivity index (χ1n) is 5.55. The lowest BCUT2D eigenvalue weighted by molar-refractivity contribution is 0.410. The van der Waals surface area contributed by atoms with E-state index in [2.05, 4.69) is 30.4 Å². The quantitative estimate of drug-likeness (QED) is 0.586. The average Bonchev–Trinajstić information content (AvgIpc) is 2.34. The van der Waals surface area contributed by atoms with E-state index in [0.717, 1.165) is 25.1 Å². The molecular formula is C13H18N2O. The molecule has 0 bridgehead atoms. The minimum absolute atomic E-state index is 0.413. The van der Waals surface area contributed by atoms with Gasteiger partial charge in [-0.3, -0.25) is 0 Å². The van der Waals surface area contributed by atoms with Gasteiger partial charge in [0, 0.05) is 6.54 Å². The highest BCUT2D eigenvalue weighted by atomic mass is 16.5. The first-order chi connectivity index (χ1) is 7.81. The Morgan fingerprint density at radius 3 is 2.88 bits per heavy atom. The molecule has 1 aromatic carbocycles. The number of nitrogens with one attached hydrogen (secondary N) is 1. The monoisotopic (exact) mass is 218 g/mol. The van der Waals surface area contributed by atoms with E-state index < -0.39 is 0 Å². The van der Waals surface area contributed by atoms with Gasteiger partial charge >= 0.3 is 0 Å². The molecule has 0 atom stereocenters. The first kappa shape index (κ1) is 12.5. The van der Waals surface area contributed by atoms with Gasteiger partial charge in [-0.1, -0.05) is 19.1 Å². The second-order valence-electron chi connectivity index (χ2n) is 3.58. The van der Waals surface area contributed by atoms with Crippen LogP contribution in [0.2, 0.25) is 0 Å². The topological polar surface area (TPSA) is 45.0 Å². The van der Waals surface area contributed by atoms with Crippen molar-refractivity contribution in [2.24, 2.45) is 0 Å². The zero-order chi connectivity index (χ0) is 11.8. The molecule has 0 unspecified atom stereocenters. The summed E-state index contributed by atoms with van der Waals surface area (Å²) in [6.45, 7) is 3.37. The van der Waals surface area contributed by atoms with Crippen LogP contribution in [0.1, 0.15) is 18.1 Å². The second-order valence-corrected chi connectivity index (χ2v) is 3.58. The fraction of sp³-hybridized carbons (Fsp3) is 0.462. The summed E-state index contributed by atoms with van der Waals surface area (Å²) < 4.78 is 5.28.